The van der Waals surface area contributed by atoms with Gasteiger partial charge in [0.05, 0.1) is 0 Å². The lowest BCUT2D eigenvalue weighted by molar-refractivity contribution is 0.476. The number of nitrogens with one attached hydrogen (secondary N) is 1. The maximum atomic E-state index is 10.9. The summed E-state index contributed by atoms with van der Waals surface area (Å²) >= 11 is 0. The Bertz CT molecular complexity index is 346. The van der Waals surface area contributed by atoms with Crippen LogP contribution in [-0.2, 0) is 6.54 Å². The van der Waals surface area contributed by atoms with E-state index in [1.54, 1.807) is 12.1 Å². The van der Waals surface area contributed by atoms with Crippen LogP contribution in [-0.4, -0.2) is 17.7 Å². The molecule has 1 heterocycles. The molecule has 3 heteroatoms. The third kappa shape index (κ3) is 3.49. The van der Waals surface area contributed by atoms with Gasteiger partial charge in [-0.3, -0.25) is 4.79 Å². The van der Waals surface area contributed by atoms with Crippen LogP contribution < -0.4 is 10.7 Å². The zero-order valence-corrected chi connectivity index (χ0v) is 9.69. The average molecular weight is 220 g/mol. The minimum Gasteiger partial charge on any atom is -0.353 e. The van der Waals surface area contributed by atoms with Crippen molar-refractivity contribution in [3.63, 3.8) is 0 Å². The number of aromatic nitrogens is 1. The number of hydrogen-bond acceptors (Lipinski definition) is 2. The number of nitrogens with zero attached hydrogens (tertiary/aromatic N) is 1. The summed E-state index contributed by atoms with van der Waals surface area (Å²) in [7, 11) is 0. The van der Waals surface area contributed by atoms with Crippen molar-refractivity contribution in [3.05, 3.63) is 34.7 Å². The zero-order chi connectivity index (χ0) is 11.2. The van der Waals surface area contributed by atoms with Crippen molar-refractivity contribution in [2.24, 2.45) is 5.92 Å². The standard InChI is InChI=1S/C13H20N2O/c16-13-5-8-15(9-6-13)10-7-14-11-12-3-1-2-4-12/h5-6,8-9,12,14H,1-4,7,10-11H2. The van der Waals surface area contributed by atoms with Crippen LogP contribution in [0.5, 0.6) is 0 Å². The van der Waals surface area contributed by atoms with Crippen LogP contribution in [0.4, 0.5) is 0 Å². The molecule has 0 bridgehead atoms. The molecule has 1 N–H and O–H groups in total. The Kier molecular flexibility index (Phi) is 4.17. The molecular weight excluding hydrogens is 200 g/mol. The molecule has 1 aliphatic carbocycles. The first-order valence-electron chi connectivity index (χ1n) is 6.21. The predicted octanol–water partition coefficient (Wildman–Crippen LogP) is 1.63. The van der Waals surface area contributed by atoms with Crippen molar-refractivity contribution in [2.75, 3.05) is 13.1 Å². The summed E-state index contributed by atoms with van der Waals surface area (Å²) in [5.41, 5.74) is 0.0789. The Morgan fingerprint density at radius 2 is 1.94 bits per heavy atom. The van der Waals surface area contributed by atoms with E-state index in [9.17, 15) is 4.79 Å². The first kappa shape index (κ1) is 11.4. The lowest BCUT2D eigenvalue weighted by Crippen LogP contribution is -2.25. The number of pyridine rings is 1. The Morgan fingerprint density at radius 3 is 2.62 bits per heavy atom. The van der Waals surface area contributed by atoms with Gasteiger partial charge in [0.1, 0.15) is 0 Å². The SMILES string of the molecule is O=c1ccn(CCNCC2CCCC2)cc1. The van der Waals surface area contributed by atoms with E-state index in [-0.39, 0.29) is 5.43 Å². The quantitative estimate of drug-likeness (QED) is 0.765. The zero-order valence-electron chi connectivity index (χ0n) is 9.69. The second-order valence-corrected chi connectivity index (χ2v) is 4.63. The van der Waals surface area contributed by atoms with Crippen molar-refractivity contribution in [1.29, 1.82) is 0 Å². The molecule has 3 nitrogen and oxygen atoms in total. The van der Waals surface area contributed by atoms with Crippen LogP contribution >= 0.6 is 0 Å². The summed E-state index contributed by atoms with van der Waals surface area (Å²) in [4.78, 5) is 10.9. The Balaban J connectivity index is 1.64. The van der Waals surface area contributed by atoms with Gasteiger partial charge in [-0.05, 0) is 25.3 Å². The molecular formula is C13H20N2O. The van der Waals surface area contributed by atoms with Crippen LogP contribution in [0.3, 0.4) is 0 Å². The van der Waals surface area contributed by atoms with Crippen molar-refractivity contribution < 1.29 is 0 Å². The minimum atomic E-state index is 0.0789. The Labute approximate surface area is 96.5 Å². The fourth-order valence-electron chi connectivity index (χ4n) is 2.32. The molecule has 0 amide bonds. The second-order valence-electron chi connectivity index (χ2n) is 4.63. The van der Waals surface area contributed by atoms with Crippen molar-refractivity contribution >= 4 is 0 Å². The molecule has 88 valence electrons. The molecule has 0 atom stereocenters. The number of hydrogen-bond donors (Lipinski definition) is 1. The maximum absolute atomic E-state index is 10.9. The summed E-state index contributed by atoms with van der Waals surface area (Å²) in [5.74, 6) is 0.897. The molecule has 1 aliphatic rings. The van der Waals surface area contributed by atoms with Gasteiger partial charge in [-0.25, -0.2) is 0 Å². The van der Waals surface area contributed by atoms with Gasteiger partial charge in [-0.1, -0.05) is 12.8 Å². The molecule has 1 aromatic heterocycles. The van der Waals surface area contributed by atoms with Gasteiger partial charge >= 0.3 is 0 Å². The molecule has 0 aliphatic heterocycles. The maximum Gasteiger partial charge on any atom is 0.181 e. The topological polar surface area (TPSA) is 34.0 Å². The van der Waals surface area contributed by atoms with Crippen LogP contribution in [0.15, 0.2) is 29.3 Å². The van der Waals surface area contributed by atoms with Gasteiger partial charge in [-0.2, -0.15) is 0 Å². The third-order valence-corrected chi connectivity index (χ3v) is 3.32. The van der Waals surface area contributed by atoms with E-state index < -0.39 is 0 Å². The molecule has 1 fully saturated rings. The second kappa shape index (κ2) is 5.85. The van der Waals surface area contributed by atoms with Crippen molar-refractivity contribution in [1.82, 2.24) is 9.88 Å². The van der Waals surface area contributed by atoms with Crippen molar-refractivity contribution in [2.45, 2.75) is 32.2 Å². The van der Waals surface area contributed by atoms with Gasteiger partial charge in [0.25, 0.3) is 0 Å². The normalized spacial score (nSPS) is 16.8. The van der Waals surface area contributed by atoms with E-state index in [1.165, 1.54) is 25.7 Å². The van der Waals surface area contributed by atoms with Crippen LogP contribution in [0.1, 0.15) is 25.7 Å². The van der Waals surface area contributed by atoms with Gasteiger partial charge in [0.2, 0.25) is 0 Å². The molecule has 0 saturated heterocycles. The molecule has 0 spiro atoms. The summed E-state index contributed by atoms with van der Waals surface area (Å²) in [6, 6.07) is 3.22. The fraction of sp³-hybridized carbons (Fsp3) is 0.615. The van der Waals surface area contributed by atoms with Gasteiger partial charge in [0.15, 0.2) is 5.43 Å². The predicted molar refractivity (Wildman–Crippen MR) is 65.5 cm³/mol. The fourth-order valence-corrected chi connectivity index (χ4v) is 2.32. The summed E-state index contributed by atoms with van der Waals surface area (Å²) in [5, 5.41) is 3.49. The molecule has 0 unspecified atom stereocenters. The van der Waals surface area contributed by atoms with E-state index in [2.05, 4.69) is 5.32 Å². The van der Waals surface area contributed by atoms with Crippen LogP contribution in [0.25, 0.3) is 0 Å². The minimum absolute atomic E-state index is 0.0789. The van der Waals surface area contributed by atoms with Crippen molar-refractivity contribution in [3.8, 4) is 0 Å². The lowest BCUT2D eigenvalue weighted by atomic mass is 10.1. The van der Waals surface area contributed by atoms with Gasteiger partial charge in [0, 0.05) is 37.6 Å². The highest BCUT2D eigenvalue weighted by Crippen LogP contribution is 2.23. The Hall–Kier alpha value is -1.09. The average Bonchev–Trinajstić information content (AvgIpc) is 2.80. The van der Waals surface area contributed by atoms with Gasteiger partial charge in [-0.15, -0.1) is 0 Å². The molecule has 2 rings (SSSR count). The third-order valence-electron chi connectivity index (χ3n) is 3.32. The summed E-state index contributed by atoms with van der Waals surface area (Å²) in [6.45, 7) is 3.08. The highest BCUT2D eigenvalue weighted by Gasteiger charge is 2.13. The summed E-state index contributed by atoms with van der Waals surface area (Å²) in [6.07, 6.45) is 9.30. The highest BCUT2D eigenvalue weighted by molar-refractivity contribution is 4.93. The monoisotopic (exact) mass is 220 g/mol. The number of rotatable bonds is 5. The van der Waals surface area contributed by atoms with E-state index in [0.29, 0.717) is 0 Å². The largest absolute Gasteiger partial charge is 0.353 e. The van der Waals surface area contributed by atoms with E-state index >= 15 is 0 Å². The Morgan fingerprint density at radius 1 is 1.25 bits per heavy atom. The molecule has 1 aromatic rings. The molecule has 16 heavy (non-hydrogen) atoms. The summed E-state index contributed by atoms with van der Waals surface area (Å²) < 4.78 is 2.04. The molecule has 0 aromatic carbocycles. The van der Waals surface area contributed by atoms with Crippen LogP contribution in [0, 0.1) is 5.92 Å². The smallest absolute Gasteiger partial charge is 0.181 e. The van der Waals surface area contributed by atoms with E-state index in [0.717, 1.165) is 25.6 Å². The van der Waals surface area contributed by atoms with Gasteiger partial charge < -0.3 is 9.88 Å². The lowest BCUT2D eigenvalue weighted by Gasteiger charge is -2.11. The first-order chi connectivity index (χ1) is 7.84. The molecule has 0 radical (unpaired) electrons. The van der Waals surface area contributed by atoms with Crippen LogP contribution in [0.2, 0.25) is 0 Å². The van der Waals surface area contributed by atoms with E-state index in [1.807, 2.05) is 17.0 Å². The highest BCUT2D eigenvalue weighted by atomic mass is 16.1. The van der Waals surface area contributed by atoms with E-state index in [4.69, 9.17) is 0 Å². The molecule has 1 saturated carbocycles. The first-order valence-corrected chi connectivity index (χ1v) is 6.21.